The van der Waals surface area contributed by atoms with Gasteiger partial charge in [0.05, 0.1) is 0 Å². The summed E-state index contributed by atoms with van der Waals surface area (Å²) in [6.45, 7) is 9.06. The molecule has 0 radical (unpaired) electrons. The minimum absolute atomic E-state index is 0.0490. The Morgan fingerprint density at radius 2 is 1.96 bits per heavy atom. The number of fused-ring (bicyclic) bond motifs is 5. The van der Waals surface area contributed by atoms with Crippen LogP contribution < -0.4 is 0 Å². The molecule has 3 saturated carbocycles. The zero-order valence-corrected chi connectivity index (χ0v) is 16.7. The zero-order valence-electron chi connectivity index (χ0n) is 16.7. The molecule has 0 aliphatic heterocycles. The van der Waals surface area contributed by atoms with Gasteiger partial charge in [0.1, 0.15) is 5.78 Å². The Kier molecular flexibility index (Phi) is 4.17. The van der Waals surface area contributed by atoms with Gasteiger partial charge in [-0.15, -0.1) is 0 Å². The van der Waals surface area contributed by atoms with Crippen molar-refractivity contribution < 1.29 is 9.59 Å². The number of ketones is 2. The van der Waals surface area contributed by atoms with Crippen molar-refractivity contribution >= 4 is 11.6 Å². The van der Waals surface area contributed by atoms with Crippen molar-refractivity contribution in [3.63, 3.8) is 0 Å². The van der Waals surface area contributed by atoms with Crippen molar-refractivity contribution in [2.24, 2.45) is 34.5 Å². The predicted molar refractivity (Wildman–Crippen MR) is 105 cm³/mol. The molecule has 2 heteroatoms. The lowest BCUT2D eigenvalue weighted by Crippen LogP contribution is -2.50. The SMILES string of the molecule is CC(C)C/C=C1/C[C@@H]2[C@H](CC[C@]3(C)C(=O)CC[C@@H]23)[C@@]2(C)C=CC(=O)C=C12. The molecule has 5 atom stereocenters. The number of allylic oxidation sites excluding steroid dienone is 6. The van der Waals surface area contributed by atoms with Crippen LogP contribution in [0.4, 0.5) is 0 Å². The van der Waals surface area contributed by atoms with Gasteiger partial charge in [0.15, 0.2) is 5.78 Å². The summed E-state index contributed by atoms with van der Waals surface area (Å²) < 4.78 is 0. The Hall–Kier alpha value is -1.44. The van der Waals surface area contributed by atoms with Crippen LogP contribution in [0.1, 0.15) is 66.2 Å². The maximum Gasteiger partial charge on any atom is 0.178 e. The third kappa shape index (κ3) is 2.52. The van der Waals surface area contributed by atoms with Crippen LogP contribution >= 0.6 is 0 Å². The molecule has 0 aromatic rings. The summed E-state index contributed by atoms with van der Waals surface area (Å²) in [4.78, 5) is 24.8. The summed E-state index contributed by atoms with van der Waals surface area (Å²) in [6.07, 6.45) is 14.3. The molecule has 0 heterocycles. The van der Waals surface area contributed by atoms with Gasteiger partial charge in [0, 0.05) is 17.3 Å². The van der Waals surface area contributed by atoms with Gasteiger partial charge in [-0.3, -0.25) is 9.59 Å². The number of carbonyl (C=O) groups is 2. The fraction of sp³-hybridized carbons (Fsp3) is 0.667. The van der Waals surface area contributed by atoms with E-state index in [-0.39, 0.29) is 16.6 Å². The van der Waals surface area contributed by atoms with Gasteiger partial charge in [-0.1, -0.05) is 39.8 Å². The molecule has 0 aromatic heterocycles. The monoisotopic (exact) mass is 352 g/mol. The first-order valence-electron chi connectivity index (χ1n) is 10.4. The zero-order chi connectivity index (χ0) is 18.7. The van der Waals surface area contributed by atoms with Crippen LogP contribution in [-0.2, 0) is 9.59 Å². The molecule has 2 nitrogen and oxygen atoms in total. The molecule has 0 spiro atoms. The molecule has 4 aliphatic rings. The summed E-state index contributed by atoms with van der Waals surface area (Å²) in [6, 6.07) is 0. The molecule has 0 bridgehead atoms. The van der Waals surface area contributed by atoms with Gasteiger partial charge in [-0.05, 0) is 79.1 Å². The highest BCUT2D eigenvalue weighted by Crippen LogP contribution is 2.64. The number of hydrogen-bond acceptors (Lipinski definition) is 2. The van der Waals surface area contributed by atoms with Gasteiger partial charge in [0.2, 0.25) is 0 Å². The third-order valence-electron chi connectivity index (χ3n) is 8.01. The fourth-order valence-electron chi connectivity index (χ4n) is 6.48. The van der Waals surface area contributed by atoms with E-state index >= 15 is 0 Å². The molecule has 4 aliphatic carbocycles. The Balaban J connectivity index is 1.77. The molecule has 0 unspecified atom stereocenters. The molecule has 26 heavy (non-hydrogen) atoms. The van der Waals surface area contributed by atoms with E-state index in [1.165, 1.54) is 11.1 Å². The van der Waals surface area contributed by atoms with E-state index < -0.39 is 0 Å². The second kappa shape index (κ2) is 6.04. The fourth-order valence-corrected chi connectivity index (χ4v) is 6.48. The highest BCUT2D eigenvalue weighted by molar-refractivity contribution is 6.02. The first-order valence-corrected chi connectivity index (χ1v) is 10.4. The smallest absolute Gasteiger partial charge is 0.178 e. The highest BCUT2D eigenvalue weighted by Gasteiger charge is 2.59. The third-order valence-corrected chi connectivity index (χ3v) is 8.01. The van der Waals surface area contributed by atoms with E-state index in [2.05, 4.69) is 39.8 Å². The van der Waals surface area contributed by atoms with Crippen molar-refractivity contribution in [2.45, 2.75) is 66.2 Å². The summed E-state index contributed by atoms with van der Waals surface area (Å²) in [5.74, 6) is 2.88. The molecule has 4 rings (SSSR count). The Labute approximate surface area is 157 Å². The van der Waals surface area contributed by atoms with E-state index in [9.17, 15) is 9.59 Å². The molecule has 0 aromatic carbocycles. The lowest BCUT2D eigenvalue weighted by Gasteiger charge is -2.56. The van der Waals surface area contributed by atoms with E-state index in [0.29, 0.717) is 29.5 Å². The van der Waals surface area contributed by atoms with Gasteiger partial charge < -0.3 is 0 Å². The standard InChI is InChI=1S/C24H32O2/c1-15(2)5-6-16-13-18-19-7-8-22(26)24(19,4)12-10-20(18)23(3)11-9-17(25)14-21(16)23/h6,9,11,14-15,18-20H,5,7-8,10,12-13H2,1-4H3/b16-6-/t18-,19-,20-,23+,24-/m0/s1. The van der Waals surface area contributed by atoms with Crippen LogP contribution in [0.2, 0.25) is 0 Å². The summed E-state index contributed by atoms with van der Waals surface area (Å²) in [5.41, 5.74) is 2.49. The molecule has 0 N–H and O–H groups in total. The van der Waals surface area contributed by atoms with Crippen LogP contribution in [0.15, 0.2) is 35.5 Å². The first-order chi connectivity index (χ1) is 12.3. The van der Waals surface area contributed by atoms with Gasteiger partial charge in [-0.2, -0.15) is 0 Å². The van der Waals surface area contributed by atoms with Crippen molar-refractivity contribution in [2.75, 3.05) is 0 Å². The summed E-state index contributed by atoms with van der Waals surface area (Å²) in [5, 5.41) is 0. The minimum Gasteiger partial charge on any atom is -0.299 e. The number of carbonyl (C=O) groups excluding carboxylic acids is 2. The van der Waals surface area contributed by atoms with Crippen LogP contribution in [0.25, 0.3) is 0 Å². The molecule has 140 valence electrons. The van der Waals surface area contributed by atoms with Crippen LogP contribution in [0.5, 0.6) is 0 Å². The number of Topliss-reactive ketones (excluding diaryl/α,β-unsaturated/α-hetero) is 1. The Morgan fingerprint density at radius 3 is 2.69 bits per heavy atom. The van der Waals surface area contributed by atoms with E-state index in [1.54, 1.807) is 6.08 Å². The van der Waals surface area contributed by atoms with Crippen LogP contribution in [0, 0.1) is 34.5 Å². The maximum atomic E-state index is 12.6. The number of rotatable bonds is 2. The average molecular weight is 353 g/mol. The van der Waals surface area contributed by atoms with Crippen LogP contribution in [-0.4, -0.2) is 11.6 Å². The van der Waals surface area contributed by atoms with Gasteiger partial charge >= 0.3 is 0 Å². The largest absolute Gasteiger partial charge is 0.299 e. The van der Waals surface area contributed by atoms with E-state index in [0.717, 1.165) is 38.5 Å². The first kappa shape index (κ1) is 17.9. The molecule has 3 fully saturated rings. The second-order valence-corrected chi connectivity index (χ2v) is 9.93. The van der Waals surface area contributed by atoms with Gasteiger partial charge in [-0.25, -0.2) is 0 Å². The van der Waals surface area contributed by atoms with Gasteiger partial charge in [0.25, 0.3) is 0 Å². The average Bonchev–Trinajstić information content (AvgIpc) is 2.89. The normalized spacial score (nSPS) is 43.3. The Morgan fingerprint density at radius 1 is 1.19 bits per heavy atom. The quantitative estimate of drug-likeness (QED) is 0.662. The van der Waals surface area contributed by atoms with Crippen molar-refractivity contribution in [3.05, 3.63) is 35.5 Å². The second-order valence-electron chi connectivity index (χ2n) is 9.93. The van der Waals surface area contributed by atoms with Crippen molar-refractivity contribution in [3.8, 4) is 0 Å². The Bertz CT molecular complexity index is 737. The van der Waals surface area contributed by atoms with E-state index in [1.807, 2.05) is 6.08 Å². The molecular weight excluding hydrogens is 320 g/mol. The lowest BCUT2D eigenvalue weighted by molar-refractivity contribution is -0.131. The summed E-state index contributed by atoms with van der Waals surface area (Å²) >= 11 is 0. The van der Waals surface area contributed by atoms with Crippen molar-refractivity contribution in [1.29, 1.82) is 0 Å². The predicted octanol–water partition coefficient (Wildman–Crippen LogP) is 5.45. The summed E-state index contributed by atoms with van der Waals surface area (Å²) in [7, 11) is 0. The molecular formula is C24H32O2. The van der Waals surface area contributed by atoms with Crippen LogP contribution in [0.3, 0.4) is 0 Å². The van der Waals surface area contributed by atoms with E-state index in [4.69, 9.17) is 0 Å². The minimum atomic E-state index is -0.101. The maximum absolute atomic E-state index is 12.6. The molecule has 0 amide bonds. The highest BCUT2D eigenvalue weighted by atomic mass is 16.1. The van der Waals surface area contributed by atoms with Crippen molar-refractivity contribution in [1.82, 2.24) is 0 Å². The lowest BCUT2D eigenvalue weighted by atomic mass is 9.47. The topological polar surface area (TPSA) is 34.1 Å². The number of hydrogen-bond donors (Lipinski definition) is 0. The molecule has 0 saturated heterocycles.